The van der Waals surface area contributed by atoms with Crippen molar-refractivity contribution in [3.8, 4) is 6.07 Å². The molecule has 2 nitrogen and oxygen atoms in total. The minimum Gasteiger partial charge on any atom is -0.368 e. The summed E-state index contributed by atoms with van der Waals surface area (Å²) < 4.78 is 0.981. The van der Waals surface area contributed by atoms with Gasteiger partial charge in [0.2, 0.25) is 0 Å². The van der Waals surface area contributed by atoms with Crippen molar-refractivity contribution in [3.05, 3.63) is 28.7 Å². The molecule has 1 atom stereocenters. The fourth-order valence-electron chi connectivity index (χ4n) is 1.18. The molecule has 80 valence electrons. The molecule has 15 heavy (non-hydrogen) atoms. The van der Waals surface area contributed by atoms with Crippen molar-refractivity contribution in [1.82, 2.24) is 0 Å². The second-order valence-electron chi connectivity index (χ2n) is 4.55. The Morgan fingerprint density at radius 3 is 2.40 bits per heavy atom. The zero-order valence-corrected chi connectivity index (χ0v) is 10.8. The Bertz CT molecular complexity index is 374. The Morgan fingerprint density at radius 2 is 1.93 bits per heavy atom. The molecule has 0 aromatic heterocycles. The lowest BCUT2D eigenvalue weighted by molar-refractivity contribution is 0.390. The lowest BCUT2D eigenvalue weighted by Crippen LogP contribution is -2.32. The fourth-order valence-corrected chi connectivity index (χ4v) is 1.58. The lowest BCUT2D eigenvalue weighted by Gasteiger charge is -2.26. The highest BCUT2D eigenvalue weighted by atomic mass is 79.9. The number of nitriles is 1. The smallest absolute Gasteiger partial charge is 0.119 e. The number of hydrogen-bond donors (Lipinski definition) is 1. The topological polar surface area (TPSA) is 35.8 Å². The van der Waals surface area contributed by atoms with E-state index in [0.717, 1.165) is 10.2 Å². The molecule has 1 N–H and O–H groups in total. The zero-order chi connectivity index (χ0) is 11.5. The van der Waals surface area contributed by atoms with E-state index < -0.39 is 0 Å². The largest absolute Gasteiger partial charge is 0.368 e. The van der Waals surface area contributed by atoms with Crippen molar-refractivity contribution < 1.29 is 0 Å². The Morgan fingerprint density at radius 1 is 1.33 bits per heavy atom. The zero-order valence-electron chi connectivity index (χ0n) is 9.21. The van der Waals surface area contributed by atoms with Gasteiger partial charge in [0.05, 0.1) is 6.07 Å². The minimum absolute atomic E-state index is 0.0793. The third kappa shape index (κ3) is 3.24. The van der Waals surface area contributed by atoms with E-state index in [1.165, 1.54) is 0 Å². The molecule has 0 fully saturated rings. The first-order chi connectivity index (χ1) is 6.95. The lowest BCUT2D eigenvalue weighted by atomic mass is 9.87. The van der Waals surface area contributed by atoms with Crippen molar-refractivity contribution in [2.75, 3.05) is 5.32 Å². The van der Waals surface area contributed by atoms with Crippen LogP contribution >= 0.6 is 15.9 Å². The first-order valence-electron chi connectivity index (χ1n) is 4.86. The third-order valence-electron chi connectivity index (χ3n) is 2.17. The van der Waals surface area contributed by atoms with Crippen LogP contribution in [0.4, 0.5) is 5.69 Å². The van der Waals surface area contributed by atoms with E-state index in [1.54, 1.807) is 0 Å². The molecule has 0 aliphatic carbocycles. The molecule has 3 heteroatoms. The molecule has 0 amide bonds. The number of para-hydroxylation sites is 1. The molecule has 0 saturated carbocycles. The summed E-state index contributed by atoms with van der Waals surface area (Å²) in [4.78, 5) is 0. The molecule has 0 aliphatic heterocycles. The monoisotopic (exact) mass is 266 g/mol. The molecule has 1 aromatic carbocycles. The Kier molecular flexibility index (Phi) is 3.76. The van der Waals surface area contributed by atoms with Gasteiger partial charge in [-0.15, -0.1) is 0 Å². The minimum atomic E-state index is -0.198. The van der Waals surface area contributed by atoms with E-state index in [-0.39, 0.29) is 11.5 Å². The third-order valence-corrected chi connectivity index (χ3v) is 2.86. The summed E-state index contributed by atoms with van der Waals surface area (Å²) >= 11 is 3.45. The Labute approximate surface area is 99.4 Å². The van der Waals surface area contributed by atoms with Crippen molar-refractivity contribution in [3.63, 3.8) is 0 Å². The Hall–Kier alpha value is -1.01. The average molecular weight is 267 g/mol. The van der Waals surface area contributed by atoms with Crippen LogP contribution in [-0.4, -0.2) is 6.04 Å². The molecular formula is C12H15BrN2. The van der Waals surface area contributed by atoms with Gasteiger partial charge in [-0.1, -0.05) is 32.9 Å². The Balaban J connectivity index is 2.87. The van der Waals surface area contributed by atoms with Gasteiger partial charge in [-0.3, -0.25) is 0 Å². The second-order valence-corrected chi connectivity index (χ2v) is 5.41. The number of anilines is 1. The van der Waals surface area contributed by atoms with E-state index in [9.17, 15) is 0 Å². The molecular weight excluding hydrogens is 252 g/mol. The number of halogens is 1. The van der Waals surface area contributed by atoms with Crippen LogP contribution in [0.3, 0.4) is 0 Å². The fraction of sp³-hybridized carbons (Fsp3) is 0.417. The maximum atomic E-state index is 9.09. The van der Waals surface area contributed by atoms with Gasteiger partial charge < -0.3 is 5.32 Å². The summed E-state index contributed by atoms with van der Waals surface area (Å²) in [6.07, 6.45) is 0. The molecule has 1 rings (SSSR count). The maximum Gasteiger partial charge on any atom is 0.119 e. The first-order valence-corrected chi connectivity index (χ1v) is 5.65. The van der Waals surface area contributed by atoms with E-state index in [0.29, 0.717) is 0 Å². The summed E-state index contributed by atoms with van der Waals surface area (Å²) in [5, 5.41) is 12.3. The number of nitrogens with one attached hydrogen (secondary N) is 1. The number of nitrogens with zero attached hydrogens (tertiary/aromatic N) is 1. The summed E-state index contributed by atoms with van der Waals surface area (Å²) in [5.74, 6) is 0. The SMILES string of the molecule is CC(C)(C)C(C#N)Nc1ccccc1Br. The first kappa shape index (κ1) is 12.1. The van der Waals surface area contributed by atoms with Gasteiger partial charge >= 0.3 is 0 Å². The van der Waals surface area contributed by atoms with Gasteiger partial charge in [0.15, 0.2) is 0 Å². The quantitative estimate of drug-likeness (QED) is 0.884. The normalized spacial score (nSPS) is 13.0. The van der Waals surface area contributed by atoms with Gasteiger partial charge in [0.25, 0.3) is 0 Å². The van der Waals surface area contributed by atoms with Crippen LogP contribution in [0.15, 0.2) is 28.7 Å². The van der Waals surface area contributed by atoms with Crippen molar-refractivity contribution in [2.45, 2.75) is 26.8 Å². The predicted octanol–water partition coefficient (Wildman–Crippen LogP) is 3.80. The van der Waals surface area contributed by atoms with Gasteiger partial charge in [0, 0.05) is 10.2 Å². The van der Waals surface area contributed by atoms with Crippen molar-refractivity contribution in [2.24, 2.45) is 5.41 Å². The molecule has 0 heterocycles. The molecule has 0 radical (unpaired) electrons. The van der Waals surface area contributed by atoms with Crippen molar-refractivity contribution >= 4 is 21.6 Å². The standard InChI is InChI=1S/C12H15BrN2/c1-12(2,3)11(8-14)15-10-7-5-4-6-9(10)13/h4-7,11,15H,1-3H3. The van der Waals surface area contributed by atoms with Crippen molar-refractivity contribution in [1.29, 1.82) is 5.26 Å². The van der Waals surface area contributed by atoms with Gasteiger partial charge in [0.1, 0.15) is 6.04 Å². The number of benzene rings is 1. The molecule has 0 saturated heterocycles. The van der Waals surface area contributed by atoms with Crippen LogP contribution < -0.4 is 5.32 Å². The maximum absolute atomic E-state index is 9.09. The number of rotatable bonds is 2. The van der Waals surface area contributed by atoms with E-state index in [4.69, 9.17) is 5.26 Å². The van der Waals surface area contributed by atoms with E-state index in [2.05, 4.69) is 27.3 Å². The van der Waals surface area contributed by atoms with Crippen LogP contribution in [0, 0.1) is 16.7 Å². The van der Waals surface area contributed by atoms with Crippen LogP contribution in [-0.2, 0) is 0 Å². The van der Waals surface area contributed by atoms with Crippen LogP contribution in [0.2, 0.25) is 0 Å². The summed E-state index contributed by atoms with van der Waals surface area (Å²) in [6, 6.07) is 9.90. The van der Waals surface area contributed by atoms with E-state index in [1.807, 2.05) is 45.0 Å². The van der Waals surface area contributed by atoms with Crippen LogP contribution in [0.1, 0.15) is 20.8 Å². The average Bonchev–Trinajstić information content (AvgIpc) is 2.14. The van der Waals surface area contributed by atoms with Gasteiger partial charge in [-0.05, 0) is 33.5 Å². The summed E-state index contributed by atoms with van der Waals surface area (Å²) in [7, 11) is 0. The number of hydrogen-bond acceptors (Lipinski definition) is 2. The van der Waals surface area contributed by atoms with Gasteiger partial charge in [-0.2, -0.15) is 5.26 Å². The molecule has 1 aromatic rings. The highest BCUT2D eigenvalue weighted by Gasteiger charge is 2.24. The predicted molar refractivity (Wildman–Crippen MR) is 66.6 cm³/mol. The van der Waals surface area contributed by atoms with Crippen LogP contribution in [0.25, 0.3) is 0 Å². The van der Waals surface area contributed by atoms with Gasteiger partial charge in [-0.25, -0.2) is 0 Å². The van der Waals surface area contributed by atoms with Crippen LogP contribution in [0.5, 0.6) is 0 Å². The second kappa shape index (κ2) is 4.67. The summed E-state index contributed by atoms with van der Waals surface area (Å²) in [6.45, 7) is 6.14. The molecule has 0 bridgehead atoms. The summed E-state index contributed by atoms with van der Waals surface area (Å²) in [5.41, 5.74) is 0.878. The molecule has 0 aliphatic rings. The highest BCUT2D eigenvalue weighted by Crippen LogP contribution is 2.27. The van der Waals surface area contributed by atoms with E-state index >= 15 is 0 Å². The molecule has 1 unspecified atom stereocenters. The highest BCUT2D eigenvalue weighted by molar-refractivity contribution is 9.10. The molecule has 0 spiro atoms.